The van der Waals surface area contributed by atoms with Crippen molar-refractivity contribution in [1.82, 2.24) is 14.8 Å². The van der Waals surface area contributed by atoms with Gasteiger partial charge in [-0.2, -0.15) is 0 Å². The average molecular weight is 413 g/mol. The fourth-order valence-corrected chi connectivity index (χ4v) is 4.22. The lowest BCUT2D eigenvalue weighted by Crippen LogP contribution is -2.40. The number of allylic oxidation sites excluding steroid dienone is 1. The van der Waals surface area contributed by atoms with Crippen LogP contribution < -0.4 is 10.6 Å². The molecule has 1 fully saturated rings. The van der Waals surface area contributed by atoms with Crippen LogP contribution in [-0.4, -0.2) is 35.6 Å². The Hall–Kier alpha value is -3.00. The summed E-state index contributed by atoms with van der Waals surface area (Å²) in [6.45, 7) is 10.4. The summed E-state index contributed by atoms with van der Waals surface area (Å²) < 4.78 is 2.27. The third-order valence-corrected chi connectivity index (χ3v) is 6.01. The van der Waals surface area contributed by atoms with Gasteiger partial charge in [-0.05, 0) is 87.6 Å². The zero-order chi connectivity index (χ0) is 21.6. The predicted molar refractivity (Wildman–Crippen MR) is 131 cm³/mol. The van der Waals surface area contributed by atoms with Gasteiger partial charge in [-0.3, -0.25) is 0 Å². The molecule has 4 heteroatoms. The van der Waals surface area contributed by atoms with E-state index in [4.69, 9.17) is 0 Å². The number of aryl methyl sites for hydroxylation is 1. The van der Waals surface area contributed by atoms with Gasteiger partial charge in [-0.1, -0.05) is 30.8 Å². The summed E-state index contributed by atoms with van der Waals surface area (Å²) in [5, 5.41) is 8.24. The van der Waals surface area contributed by atoms with Crippen LogP contribution in [0.4, 0.5) is 5.69 Å². The van der Waals surface area contributed by atoms with Crippen molar-refractivity contribution in [3.8, 4) is 11.8 Å². The molecule has 0 spiro atoms. The fraction of sp³-hybridized carbons (Fsp3) is 0.333. The van der Waals surface area contributed by atoms with Gasteiger partial charge < -0.3 is 20.1 Å². The van der Waals surface area contributed by atoms with Crippen LogP contribution in [0.25, 0.3) is 10.9 Å². The zero-order valence-corrected chi connectivity index (χ0v) is 18.6. The number of fused-ring (bicyclic) bond motifs is 1. The molecule has 4 rings (SSSR count). The summed E-state index contributed by atoms with van der Waals surface area (Å²) in [4.78, 5) is 2.41. The zero-order valence-electron chi connectivity index (χ0n) is 18.6. The molecular weight excluding hydrogens is 380 g/mol. The molecule has 0 bridgehead atoms. The Balaban J connectivity index is 1.46. The minimum absolute atomic E-state index is 0.622. The van der Waals surface area contributed by atoms with Crippen LogP contribution in [0.1, 0.15) is 31.0 Å². The number of hydrogen-bond donors (Lipinski definition) is 2. The fourth-order valence-electron chi connectivity index (χ4n) is 4.22. The van der Waals surface area contributed by atoms with Gasteiger partial charge in [0.1, 0.15) is 0 Å². The molecule has 1 aromatic heterocycles. The molecule has 2 N–H and O–H groups in total. The van der Waals surface area contributed by atoms with E-state index in [2.05, 4.69) is 76.8 Å². The molecule has 0 aliphatic carbocycles. The van der Waals surface area contributed by atoms with Crippen LogP contribution in [0.2, 0.25) is 0 Å². The first-order valence-corrected chi connectivity index (χ1v) is 11.2. The highest BCUT2D eigenvalue weighted by Gasteiger charge is 2.16. The van der Waals surface area contributed by atoms with Crippen molar-refractivity contribution in [2.45, 2.75) is 38.9 Å². The van der Waals surface area contributed by atoms with Crippen molar-refractivity contribution < 1.29 is 0 Å². The van der Waals surface area contributed by atoms with E-state index >= 15 is 0 Å². The highest BCUT2D eigenvalue weighted by Crippen LogP contribution is 2.22. The van der Waals surface area contributed by atoms with Crippen molar-refractivity contribution in [3.63, 3.8) is 0 Å². The number of aromatic nitrogens is 1. The van der Waals surface area contributed by atoms with Gasteiger partial charge >= 0.3 is 0 Å². The molecule has 1 aliphatic heterocycles. The van der Waals surface area contributed by atoms with Gasteiger partial charge in [0, 0.05) is 35.7 Å². The molecule has 1 saturated heterocycles. The SMILES string of the molecule is C=C(C#Cc1cc2cc(CNC3CCN(C)CC3)ccc2n1CC)Nc1ccccc1. The van der Waals surface area contributed by atoms with Gasteiger partial charge in [-0.25, -0.2) is 0 Å². The Morgan fingerprint density at radius 1 is 1.10 bits per heavy atom. The van der Waals surface area contributed by atoms with E-state index in [1.54, 1.807) is 0 Å². The number of nitrogens with zero attached hydrogens (tertiary/aromatic N) is 2. The number of nitrogens with one attached hydrogen (secondary N) is 2. The second-order valence-corrected chi connectivity index (χ2v) is 8.35. The number of anilines is 1. The lowest BCUT2D eigenvalue weighted by atomic mass is 10.0. The molecule has 0 atom stereocenters. The number of likely N-dealkylation sites (tertiary alicyclic amines) is 1. The second kappa shape index (κ2) is 9.87. The maximum Gasteiger partial charge on any atom is 0.0934 e. The van der Waals surface area contributed by atoms with Crippen LogP contribution in [0.3, 0.4) is 0 Å². The molecule has 0 amide bonds. The Bertz CT molecular complexity index is 1090. The van der Waals surface area contributed by atoms with Gasteiger partial charge in [-0.15, -0.1) is 0 Å². The molecule has 4 nitrogen and oxygen atoms in total. The van der Waals surface area contributed by atoms with Gasteiger partial charge in [0.05, 0.1) is 11.4 Å². The molecule has 2 aromatic carbocycles. The quantitative estimate of drug-likeness (QED) is 0.569. The standard InChI is InChI=1S/C27H32N4/c1-4-31-26(12-10-21(2)29-25-8-6-5-7-9-25)19-23-18-22(11-13-27(23)31)20-28-24-14-16-30(3)17-15-24/h5-9,11,13,18-19,24,28-29H,2,4,14-17,20H2,1,3H3. The summed E-state index contributed by atoms with van der Waals surface area (Å²) >= 11 is 0. The van der Waals surface area contributed by atoms with Gasteiger partial charge in [0.2, 0.25) is 0 Å². The Morgan fingerprint density at radius 2 is 1.87 bits per heavy atom. The molecule has 0 saturated carbocycles. The normalized spacial score (nSPS) is 14.9. The summed E-state index contributed by atoms with van der Waals surface area (Å²) in [5.74, 6) is 6.49. The maximum absolute atomic E-state index is 4.06. The van der Waals surface area contributed by atoms with E-state index in [-0.39, 0.29) is 0 Å². The third-order valence-electron chi connectivity index (χ3n) is 6.01. The Labute approximate surface area is 185 Å². The number of piperidine rings is 1. The first-order valence-electron chi connectivity index (χ1n) is 11.2. The van der Waals surface area contributed by atoms with Gasteiger partial charge in [0.15, 0.2) is 0 Å². The number of hydrogen-bond acceptors (Lipinski definition) is 3. The second-order valence-electron chi connectivity index (χ2n) is 8.35. The number of para-hydroxylation sites is 1. The van der Waals surface area contributed by atoms with Crippen LogP contribution in [0.5, 0.6) is 0 Å². The highest BCUT2D eigenvalue weighted by molar-refractivity contribution is 5.83. The van der Waals surface area contributed by atoms with E-state index in [0.717, 1.165) is 24.5 Å². The first-order chi connectivity index (χ1) is 15.1. The molecule has 3 aromatic rings. The topological polar surface area (TPSA) is 32.2 Å². The van der Waals surface area contributed by atoms with Crippen LogP contribution in [0.15, 0.2) is 66.9 Å². The minimum Gasteiger partial charge on any atom is -0.349 e. The summed E-state index contributed by atoms with van der Waals surface area (Å²) in [6.07, 6.45) is 2.46. The van der Waals surface area contributed by atoms with Crippen molar-refractivity contribution >= 4 is 16.6 Å². The molecule has 31 heavy (non-hydrogen) atoms. The smallest absolute Gasteiger partial charge is 0.0934 e. The van der Waals surface area contributed by atoms with E-state index in [9.17, 15) is 0 Å². The molecule has 0 unspecified atom stereocenters. The van der Waals surface area contributed by atoms with Gasteiger partial charge in [0.25, 0.3) is 0 Å². The summed E-state index contributed by atoms with van der Waals surface area (Å²) in [5.41, 5.74) is 5.28. The van der Waals surface area contributed by atoms with Crippen LogP contribution in [0, 0.1) is 11.8 Å². The molecule has 160 valence electrons. The minimum atomic E-state index is 0.622. The Kier molecular flexibility index (Phi) is 6.76. The van der Waals surface area contributed by atoms with E-state index in [1.807, 2.05) is 30.3 Å². The van der Waals surface area contributed by atoms with Crippen molar-refractivity contribution in [2.75, 3.05) is 25.5 Å². The van der Waals surface area contributed by atoms with Crippen LogP contribution in [-0.2, 0) is 13.1 Å². The van der Waals surface area contributed by atoms with Crippen molar-refractivity contribution in [2.24, 2.45) is 0 Å². The van der Waals surface area contributed by atoms with E-state index < -0.39 is 0 Å². The Morgan fingerprint density at radius 3 is 2.61 bits per heavy atom. The molecule has 0 radical (unpaired) electrons. The molecular formula is C27H32N4. The largest absolute Gasteiger partial charge is 0.349 e. The van der Waals surface area contributed by atoms with Crippen molar-refractivity contribution in [3.05, 3.63) is 78.1 Å². The lowest BCUT2D eigenvalue weighted by Gasteiger charge is -2.29. The highest BCUT2D eigenvalue weighted by atomic mass is 15.1. The molecule has 1 aliphatic rings. The number of benzene rings is 2. The maximum atomic E-state index is 4.06. The number of rotatable bonds is 6. The monoisotopic (exact) mass is 412 g/mol. The van der Waals surface area contributed by atoms with E-state index in [1.165, 1.54) is 42.4 Å². The summed E-state index contributed by atoms with van der Waals surface area (Å²) in [6, 6.07) is 19.6. The third kappa shape index (κ3) is 5.38. The predicted octanol–water partition coefficient (Wildman–Crippen LogP) is 4.82. The van der Waals surface area contributed by atoms with E-state index in [0.29, 0.717) is 11.7 Å². The average Bonchev–Trinajstić information content (AvgIpc) is 3.14. The first kappa shape index (κ1) is 21.2. The summed E-state index contributed by atoms with van der Waals surface area (Å²) in [7, 11) is 2.20. The van der Waals surface area contributed by atoms with Crippen molar-refractivity contribution in [1.29, 1.82) is 0 Å². The lowest BCUT2D eigenvalue weighted by molar-refractivity contribution is 0.234. The molecule has 2 heterocycles. The van der Waals surface area contributed by atoms with Crippen LogP contribution >= 0.6 is 0 Å².